The maximum absolute atomic E-state index is 14.3. The third-order valence-corrected chi connectivity index (χ3v) is 9.71. The first-order chi connectivity index (χ1) is 17.0. The zero-order valence-corrected chi connectivity index (χ0v) is 21.2. The molecule has 2 aromatic rings. The van der Waals surface area contributed by atoms with Gasteiger partial charge in [0.1, 0.15) is 0 Å². The molecule has 0 aliphatic carbocycles. The Labute approximate surface area is 211 Å². The number of amides is 1. The first kappa shape index (κ1) is 29.0. The zero-order chi connectivity index (χ0) is 27.9. The Balaban J connectivity index is 1.86. The van der Waals surface area contributed by atoms with Crippen LogP contribution in [-0.4, -0.2) is 50.3 Å². The van der Waals surface area contributed by atoms with Crippen LogP contribution in [0, 0.1) is 5.92 Å². The fourth-order valence-corrected chi connectivity index (χ4v) is 6.59. The predicted octanol–water partition coefficient (Wildman–Crippen LogP) is 5.60. The number of hydrogen-bond donors (Lipinski definition) is 0. The standard InChI is InChI=1S/C25H27F6NO4S/c1-22(2,37(34,35)20-11-7-10-19(16-20)24(26,27)28)17-12-14-32(15-13-17)21(33)23(36-3,25(29,30)31)18-8-5-4-6-9-18/h4-11,16-17H,12-15H2,1-3H3/t23-/m1/s1. The summed E-state index contributed by atoms with van der Waals surface area (Å²) in [4.78, 5) is 13.8. The van der Waals surface area contributed by atoms with Crippen molar-refractivity contribution in [3.8, 4) is 0 Å². The monoisotopic (exact) mass is 551 g/mol. The number of hydrogen-bond acceptors (Lipinski definition) is 4. The molecule has 5 nitrogen and oxygen atoms in total. The lowest BCUT2D eigenvalue weighted by molar-refractivity contribution is -0.270. The van der Waals surface area contributed by atoms with E-state index in [1.165, 1.54) is 32.0 Å². The number of methoxy groups -OCH3 is 1. The van der Waals surface area contributed by atoms with Gasteiger partial charge in [-0.05, 0) is 50.8 Å². The summed E-state index contributed by atoms with van der Waals surface area (Å²) >= 11 is 0. The van der Waals surface area contributed by atoms with Gasteiger partial charge in [0.15, 0.2) is 9.84 Å². The van der Waals surface area contributed by atoms with E-state index in [1.807, 2.05) is 0 Å². The van der Waals surface area contributed by atoms with Gasteiger partial charge < -0.3 is 9.64 Å². The highest BCUT2D eigenvalue weighted by Gasteiger charge is 2.64. The quantitative estimate of drug-likeness (QED) is 0.439. The predicted molar refractivity (Wildman–Crippen MR) is 123 cm³/mol. The summed E-state index contributed by atoms with van der Waals surface area (Å²) in [6.07, 6.45) is -9.75. The fourth-order valence-electron chi connectivity index (χ4n) is 4.77. The molecule has 0 spiro atoms. The number of nitrogens with zero attached hydrogens (tertiary/aromatic N) is 1. The fraction of sp³-hybridized carbons (Fsp3) is 0.480. The highest BCUT2D eigenvalue weighted by Crippen LogP contribution is 2.45. The molecule has 0 N–H and O–H groups in total. The van der Waals surface area contributed by atoms with E-state index in [9.17, 15) is 39.6 Å². The summed E-state index contributed by atoms with van der Waals surface area (Å²) in [5, 5.41) is 0. The Hall–Kier alpha value is -2.60. The molecule has 3 rings (SSSR count). The second-order valence-corrected chi connectivity index (χ2v) is 12.0. The van der Waals surface area contributed by atoms with Gasteiger partial charge in [-0.15, -0.1) is 0 Å². The minimum atomic E-state index is -5.08. The van der Waals surface area contributed by atoms with E-state index in [-0.39, 0.29) is 31.5 Å². The summed E-state index contributed by atoms with van der Waals surface area (Å²) in [6.45, 7) is 2.39. The molecule has 1 aliphatic rings. The number of rotatable bonds is 6. The van der Waals surface area contributed by atoms with Crippen LogP contribution in [0.1, 0.15) is 37.8 Å². The second kappa shape index (κ2) is 9.94. The van der Waals surface area contributed by atoms with Crippen LogP contribution in [0.5, 0.6) is 0 Å². The molecule has 1 saturated heterocycles. The molecule has 2 aromatic carbocycles. The molecule has 0 saturated carbocycles. The number of likely N-dealkylation sites (tertiary alicyclic amines) is 1. The number of alkyl halides is 6. The van der Waals surface area contributed by atoms with Gasteiger partial charge >= 0.3 is 12.4 Å². The van der Waals surface area contributed by atoms with Crippen molar-refractivity contribution < 1.29 is 44.3 Å². The van der Waals surface area contributed by atoms with E-state index in [0.29, 0.717) is 6.07 Å². The SMILES string of the molecule is CO[C@@](C(=O)N1CCC(C(C)(C)S(=O)(=O)c2cccc(C(F)(F)F)c2)CC1)(c1ccccc1)C(F)(F)F. The Morgan fingerprint density at radius 2 is 1.43 bits per heavy atom. The molecule has 1 amide bonds. The van der Waals surface area contributed by atoms with Crippen LogP contribution >= 0.6 is 0 Å². The molecule has 1 fully saturated rings. The average molecular weight is 552 g/mol. The van der Waals surface area contributed by atoms with Crippen molar-refractivity contribution in [3.63, 3.8) is 0 Å². The van der Waals surface area contributed by atoms with E-state index in [0.717, 1.165) is 42.3 Å². The van der Waals surface area contributed by atoms with Crippen LogP contribution in [0.4, 0.5) is 26.3 Å². The summed E-state index contributed by atoms with van der Waals surface area (Å²) in [5.74, 6) is -1.94. The number of ether oxygens (including phenoxy) is 1. The Kier molecular flexibility index (Phi) is 7.78. The third kappa shape index (κ3) is 5.09. The van der Waals surface area contributed by atoms with E-state index in [1.54, 1.807) is 0 Å². The molecule has 37 heavy (non-hydrogen) atoms. The topological polar surface area (TPSA) is 63.7 Å². The summed E-state index contributed by atoms with van der Waals surface area (Å²) in [5.41, 5.74) is -4.72. The van der Waals surface area contributed by atoms with Gasteiger partial charge in [-0.1, -0.05) is 36.4 Å². The zero-order valence-electron chi connectivity index (χ0n) is 20.4. The van der Waals surface area contributed by atoms with Gasteiger partial charge in [0.05, 0.1) is 15.2 Å². The highest BCUT2D eigenvalue weighted by molar-refractivity contribution is 7.92. The minimum absolute atomic E-state index is 0.0311. The number of benzene rings is 2. The van der Waals surface area contributed by atoms with Gasteiger partial charge in [-0.2, -0.15) is 26.3 Å². The van der Waals surface area contributed by atoms with Crippen molar-refractivity contribution in [1.82, 2.24) is 4.90 Å². The first-order valence-corrected chi connectivity index (χ1v) is 12.9. The smallest absolute Gasteiger partial charge is 0.356 e. The highest BCUT2D eigenvalue weighted by atomic mass is 32.2. The molecule has 0 aromatic heterocycles. The molecular formula is C25H27F6NO4S. The number of carbonyl (C=O) groups excluding carboxylic acids is 1. The van der Waals surface area contributed by atoms with Crippen LogP contribution < -0.4 is 0 Å². The van der Waals surface area contributed by atoms with Crippen LogP contribution in [-0.2, 0) is 31.1 Å². The Morgan fingerprint density at radius 1 is 0.892 bits per heavy atom. The number of piperidine rings is 1. The van der Waals surface area contributed by atoms with Crippen LogP contribution in [0.25, 0.3) is 0 Å². The lowest BCUT2D eigenvalue weighted by Gasteiger charge is -2.43. The summed E-state index contributed by atoms with van der Waals surface area (Å²) in [7, 11) is -3.46. The molecule has 0 radical (unpaired) electrons. The maximum atomic E-state index is 14.3. The molecule has 1 atom stereocenters. The van der Waals surface area contributed by atoms with Crippen LogP contribution in [0.3, 0.4) is 0 Å². The van der Waals surface area contributed by atoms with Crippen LogP contribution in [0.15, 0.2) is 59.5 Å². The Bertz CT molecular complexity index is 1220. The Morgan fingerprint density at radius 3 is 1.92 bits per heavy atom. The van der Waals surface area contributed by atoms with Crippen molar-refractivity contribution in [3.05, 3.63) is 65.7 Å². The van der Waals surface area contributed by atoms with Crippen LogP contribution in [0.2, 0.25) is 0 Å². The molecule has 1 aliphatic heterocycles. The van der Waals surface area contributed by atoms with Crippen molar-refractivity contribution in [2.45, 2.75) is 54.3 Å². The van der Waals surface area contributed by atoms with E-state index in [2.05, 4.69) is 0 Å². The normalized spacial score (nSPS) is 17.9. The number of halogens is 6. The van der Waals surface area contributed by atoms with Crippen molar-refractivity contribution in [1.29, 1.82) is 0 Å². The molecule has 0 unspecified atom stereocenters. The molecule has 1 heterocycles. The summed E-state index contributed by atoms with van der Waals surface area (Å²) < 4.78 is 112. The lowest BCUT2D eigenvalue weighted by Crippen LogP contribution is -2.59. The second-order valence-electron chi connectivity index (χ2n) is 9.45. The van der Waals surface area contributed by atoms with Gasteiger partial charge in [-0.3, -0.25) is 4.79 Å². The maximum Gasteiger partial charge on any atom is 0.430 e. The third-order valence-electron chi connectivity index (χ3n) is 7.12. The van der Waals surface area contributed by atoms with E-state index in [4.69, 9.17) is 4.74 Å². The average Bonchev–Trinajstić information content (AvgIpc) is 2.84. The van der Waals surface area contributed by atoms with Crippen molar-refractivity contribution in [2.75, 3.05) is 20.2 Å². The lowest BCUT2D eigenvalue weighted by atomic mass is 9.84. The molecule has 204 valence electrons. The minimum Gasteiger partial charge on any atom is -0.356 e. The molecule has 12 heteroatoms. The van der Waals surface area contributed by atoms with Crippen molar-refractivity contribution in [2.24, 2.45) is 5.92 Å². The largest absolute Gasteiger partial charge is 0.430 e. The van der Waals surface area contributed by atoms with Gasteiger partial charge in [0.2, 0.25) is 0 Å². The first-order valence-electron chi connectivity index (χ1n) is 11.4. The van der Waals surface area contributed by atoms with Crippen molar-refractivity contribution >= 4 is 15.7 Å². The van der Waals surface area contributed by atoms with Gasteiger partial charge in [0, 0.05) is 25.8 Å². The van der Waals surface area contributed by atoms with Gasteiger partial charge in [0.25, 0.3) is 11.5 Å². The molecular weight excluding hydrogens is 524 g/mol. The number of sulfone groups is 1. The van der Waals surface area contributed by atoms with Gasteiger partial charge in [-0.25, -0.2) is 8.42 Å². The van der Waals surface area contributed by atoms with E-state index >= 15 is 0 Å². The number of carbonyl (C=O) groups is 1. The van der Waals surface area contributed by atoms with E-state index < -0.39 is 54.8 Å². The molecule has 0 bridgehead atoms. The summed E-state index contributed by atoms with van der Waals surface area (Å²) in [6, 6.07) is 9.95.